The molecule has 0 spiro atoms. The third-order valence-electron chi connectivity index (χ3n) is 4.18. The van der Waals surface area contributed by atoms with E-state index in [0.29, 0.717) is 11.5 Å². The molecule has 0 amide bonds. The van der Waals surface area contributed by atoms with Crippen LogP contribution in [0.4, 0.5) is 0 Å². The average molecular weight is 263 g/mol. The quantitative estimate of drug-likeness (QED) is 0.919. The van der Waals surface area contributed by atoms with E-state index in [1.54, 1.807) is 11.3 Å². The summed E-state index contributed by atoms with van der Waals surface area (Å²) in [6.45, 7) is 5.66. The van der Waals surface area contributed by atoms with Crippen molar-refractivity contribution in [1.82, 2.24) is 14.7 Å². The van der Waals surface area contributed by atoms with Crippen LogP contribution in [0.1, 0.15) is 45.2 Å². The summed E-state index contributed by atoms with van der Waals surface area (Å²) >= 11 is 1.69. The maximum atomic E-state index is 4.62. The molecule has 0 aromatic carbocycles. The van der Waals surface area contributed by atoms with Gasteiger partial charge in [-0.15, -0.1) is 11.3 Å². The highest BCUT2D eigenvalue weighted by molar-refractivity contribution is 7.15. The first-order valence-corrected chi connectivity index (χ1v) is 7.67. The first-order chi connectivity index (χ1) is 8.65. The molecule has 0 radical (unpaired) electrons. The lowest BCUT2D eigenvalue weighted by Crippen LogP contribution is -2.43. The molecule has 1 fully saturated rings. The Labute approximate surface area is 112 Å². The summed E-state index contributed by atoms with van der Waals surface area (Å²) in [5.41, 5.74) is 1.58. The van der Waals surface area contributed by atoms with E-state index in [9.17, 15) is 0 Å². The highest BCUT2D eigenvalue weighted by Gasteiger charge is 2.31. The third kappa shape index (κ3) is 2.31. The number of fused-ring (bicyclic) bond motifs is 1. The molecule has 1 N–H and O–H groups in total. The van der Waals surface area contributed by atoms with Crippen LogP contribution in [0.5, 0.6) is 0 Å². The van der Waals surface area contributed by atoms with Crippen molar-refractivity contribution in [2.45, 2.75) is 52.1 Å². The number of thiazole rings is 1. The fourth-order valence-corrected chi connectivity index (χ4v) is 3.68. The van der Waals surface area contributed by atoms with Gasteiger partial charge in [-0.3, -0.25) is 4.40 Å². The fourth-order valence-electron chi connectivity index (χ4n) is 2.96. The van der Waals surface area contributed by atoms with Gasteiger partial charge in [0.05, 0.1) is 5.69 Å². The van der Waals surface area contributed by atoms with Gasteiger partial charge in [-0.25, -0.2) is 4.98 Å². The molecule has 1 aliphatic rings. The van der Waals surface area contributed by atoms with Gasteiger partial charge >= 0.3 is 0 Å². The predicted molar refractivity (Wildman–Crippen MR) is 75.9 cm³/mol. The van der Waals surface area contributed by atoms with Crippen LogP contribution in [-0.4, -0.2) is 15.4 Å². The lowest BCUT2D eigenvalue weighted by atomic mass is 9.73. The Morgan fingerprint density at radius 2 is 2.39 bits per heavy atom. The molecule has 1 unspecified atom stereocenters. The number of imidazole rings is 1. The molecule has 0 aliphatic heterocycles. The van der Waals surface area contributed by atoms with Crippen molar-refractivity contribution in [3.05, 3.63) is 23.5 Å². The molecule has 98 valence electrons. The van der Waals surface area contributed by atoms with E-state index in [2.05, 4.69) is 46.3 Å². The van der Waals surface area contributed by atoms with Gasteiger partial charge in [-0.05, 0) is 18.3 Å². The van der Waals surface area contributed by atoms with Crippen molar-refractivity contribution >= 4 is 16.3 Å². The Kier molecular flexibility index (Phi) is 3.16. The summed E-state index contributed by atoms with van der Waals surface area (Å²) in [6.07, 6.45) is 9.58. The maximum absolute atomic E-state index is 4.62. The molecule has 2 aromatic heterocycles. The Balaban J connectivity index is 1.65. The van der Waals surface area contributed by atoms with Crippen molar-refractivity contribution in [2.24, 2.45) is 5.41 Å². The van der Waals surface area contributed by atoms with Gasteiger partial charge in [-0.2, -0.15) is 0 Å². The lowest BCUT2D eigenvalue weighted by molar-refractivity contribution is 0.166. The van der Waals surface area contributed by atoms with Crippen molar-refractivity contribution in [3.8, 4) is 0 Å². The van der Waals surface area contributed by atoms with Crippen molar-refractivity contribution in [1.29, 1.82) is 0 Å². The molecule has 0 saturated heterocycles. The second kappa shape index (κ2) is 4.67. The molecule has 2 heterocycles. The summed E-state index contributed by atoms with van der Waals surface area (Å²) in [7, 11) is 0. The summed E-state index contributed by atoms with van der Waals surface area (Å²) in [5.74, 6) is 0. The van der Waals surface area contributed by atoms with Gasteiger partial charge in [-0.1, -0.05) is 26.7 Å². The van der Waals surface area contributed by atoms with Gasteiger partial charge in [0.25, 0.3) is 0 Å². The zero-order valence-corrected chi connectivity index (χ0v) is 12.0. The summed E-state index contributed by atoms with van der Waals surface area (Å²) in [6, 6.07) is 0.631. The Morgan fingerprint density at radius 3 is 3.17 bits per heavy atom. The topological polar surface area (TPSA) is 29.3 Å². The normalized spacial score (nSPS) is 23.6. The number of nitrogens with one attached hydrogen (secondary N) is 1. The Bertz CT molecular complexity index is 497. The molecule has 3 nitrogen and oxygen atoms in total. The van der Waals surface area contributed by atoms with Crippen LogP contribution in [0.15, 0.2) is 17.8 Å². The zero-order valence-electron chi connectivity index (χ0n) is 11.1. The van der Waals surface area contributed by atoms with Gasteiger partial charge in [0.2, 0.25) is 0 Å². The molecule has 2 aromatic rings. The van der Waals surface area contributed by atoms with Crippen LogP contribution < -0.4 is 5.32 Å². The predicted octanol–water partition coefficient (Wildman–Crippen LogP) is 3.45. The second-order valence-corrected chi connectivity index (χ2v) is 6.87. The van der Waals surface area contributed by atoms with Crippen LogP contribution in [0.3, 0.4) is 0 Å². The SMILES string of the molecule is CC1(C)CCCCC1NCc1cn2ccsc2n1. The van der Waals surface area contributed by atoms with E-state index in [0.717, 1.165) is 17.2 Å². The third-order valence-corrected chi connectivity index (χ3v) is 4.95. The van der Waals surface area contributed by atoms with Crippen LogP contribution in [0.25, 0.3) is 4.96 Å². The molecule has 1 aliphatic carbocycles. The molecule has 18 heavy (non-hydrogen) atoms. The van der Waals surface area contributed by atoms with Gasteiger partial charge in [0, 0.05) is 30.4 Å². The smallest absolute Gasteiger partial charge is 0.193 e. The molecule has 1 saturated carbocycles. The largest absolute Gasteiger partial charge is 0.308 e. The van der Waals surface area contributed by atoms with Crippen LogP contribution in [-0.2, 0) is 6.54 Å². The number of hydrogen-bond donors (Lipinski definition) is 1. The average Bonchev–Trinajstić information content (AvgIpc) is 2.87. The maximum Gasteiger partial charge on any atom is 0.193 e. The monoisotopic (exact) mass is 263 g/mol. The second-order valence-electron chi connectivity index (χ2n) is 5.99. The molecule has 3 rings (SSSR count). The van der Waals surface area contributed by atoms with E-state index in [-0.39, 0.29) is 0 Å². The number of nitrogens with zero attached hydrogens (tertiary/aromatic N) is 2. The number of rotatable bonds is 3. The van der Waals surface area contributed by atoms with Gasteiger partial charge in [0.15, 0.2) is 4.96 Å². The molecule has 1 atom stereocenters. The van der Waals surface area contributed by atoms with Crippen molar-refractivity contribution < 1.29 is 0 Å². The minimum absolute atomic E-state index is 0.426. The minimum Gasteiger partial charge on any atom is -0.308 e. The van der Waals surface area contributed by atoms with Crippen LogP contribution in [0, 0.1) is 5.41 Å². The minimum atomic E-state index is 0.426. The summed E-state index contributed by atoms with van der Waals surface area (Å²) in [4.78, 5) is 5.72. The standard InChI is InChI=1S/C14H21N3S/c1-14(2)6-4-3-5-12(14)15-9-11-10-17-7-8-18-13(17)16-11/h7-8,10,12,15H,3-6,9H2,1-2H3. The molecular weight excluding hydrogens is 242 g/mol. The van der Waals surface area contributed by atoms with E-state index < -0.39 is 0 Å². The Morgan fingerprint density at radius 1 is 1.50 bits per heavy atom. The first kappa shape index (κ1) is 12.2. The van der Waals surface area contributed by atoms with Crippen LogP contribution in [0.2, 0.25) is 0 Å². The van der Waals surface area contributed by atoms with E-state index in [1.165, 1.54) is 25.7 Å². The van der Waals surface area contributed by atoms with Crippen LogP contribution >= 0.6 is 11.3 Å². The van der Waals surface area contributed by atoms with Gasteiger partial charge < -0.3 is 5.32 Å². The summed E-state index contributed by atoms with van der Waals surface area (Å²) in [5, 5.41) is 5.78. The number of hydrogen-bond acceptors (Lipinski definition) is 3. The number of aromatic nitrogens is 2. The van der Waals surface area contributed by atoms with E-state index in [4.69, 9.17) is 0 Å². The summed E-state index contributed by atoms with van der Waals surface area (Å²) < 4.78 is 2.10. The van der Waals surface area contributed by atoms with E-state index in [1.807, 2.05) is 0 Å². The highest BCUT2D eigenvalue weighted by Crippen LogP contribution is 2.35. The van der Waals surface area contributed by atoms with Crippen molar-refractivity contribution in [3.63, 3.8) is 0 Å². The molecule has 4 heteroatoms. The van der Waals surface area contributed by atoms with E-state index >= 15 is 0 Å². The van der Waals surface area contributed by atoms with Gasteiger partial charge in [0.1, 0.15) is 0 Å². The highest BCUT2D eigenvalue weighted by atomic mass is 32.1. The lowest BCUT2D eigenvalue weighted by Gasteiger charge is -2.39. The molecular formula is C14H21N3S. The Hall–Kier alpha value is -0.870. The first-order valence-electron chi connectivity index (χ1n) is 6.80. The van der Waals surface area contributed by atoms with Crippen molar-refractivity contribution in [2.75, 3.05) is 0 Å². The fraction of sp³-hybridized carbons (Fsp3) is 0.643. The molecule has 0 bridgehead atoms. The zero-order chi connectivity index (χ0) is 12.6.